The minimum absolute atomic E-state index is 0.0466. The predicted molar refractivity (Wildman–Crippen MR) is 92.4 cm³/mol. The monoisotopic (exact) mass is 343 g/mol. The Hall–Kier alpha value is -2.15. The number of hydrogen-bond acceptors (Lipinski definition) is 4. The third-order valence-electron chi connectivity index (χ3n) is 5.18. The first-order chi connectivity index (χ1) is 12.1. The van der Waals surface area contributed by atoms with Crippen molar-refractivity contribution >= 4 is 5.91 Å². The number of H-pyrrole nitrogens is 1. The molecule has 2 aromatic rings. The summed E-state index contributed by atoms with van der Waals surface area (Å²) in [4.78, 5) is 18.1. The number of ether oxygens (including phenoxy) is 1. The van der Waals surface area contributed by atoms with Crippen LogP contribution in [-0.4, -0.2) is 51.0 Å². The number of aromatic nitrogens is 4. The van der Waals surface area contributed by atoms with Gasteiger partial charge < -0.3 is 14.6 Å². The lowest BCUT2D eigenvalue weighted by molar-refractivity contribution is 0.0671. The molecular formula is C18H25N5O2. The summed E-state index contributed by atoms with van der Waals surface area (Å²) < 4.78 is 7.48. The van der Waals surface area contributed by atoms with Gasteiger partial charge in [0.1, 0.15) is 5.69 Å². The van der Waals surface area contributed by atoms with Crippen LogP contribution in [0.5, 0.6) is 0 Å². The van der Waals surface area contributed by atoms with Gasteiger partial charge in [-0.2, -0.15) is 0 Å². The van der Waals surface area contributed by atoms with E-state index in [1.807, 2.05) is 29.5 Å². The van der Waals surface area contributed by atoms with Gasteiger partial charge in [0.25, 0.3) is 5.91 Å². The molecule has 3 heterocycles. The number of amides is 1. The van der Waals surface area contributed by atoms with E-state index in [9.17, 15) is 4.79 Å². The Morgan fingerprint density at radius 3 is 2.84 bits per heavy atom. The highest BCUT2D eigenvalue weighted by molar-refractivity contribution is 5.95. The molecule has 0 saturated heterocycles. The van der Waals surface area contributed by atoms with E-state index in [1.165, 1.54) is 12.8 Å². The smallest absolute Gasteiger partial charge is 0.256 e. The molecule has 4 rings (SSSR count). The standard InChI is InChI=1S/C18H25N5O2/c1-11-6-15(12(2)19-11)18(24)22-8-14(10-25-3)17-16(9-22)20-21-23(17)7-13-4-5-13/h6,13-14,19H,4-5,7-10H2,1-3H3/t14-/m0/s1. The summed E-state index contributed by atoms with van der Waals surface area (Å²) in [7, 11) is 1.70. The fourth-order valence-electron chi connectivity index (χ4n) is 3.80. The van der Waals surface area contributed by atoms with E-state index < -0.39 is 0 Å². The molecule has 0 bridgehead atoms. The minimum Gasteiger partial charge on any atom is -0.384 e. The van der Waals surface area contributed by atoms with Gasteiger partial charge in [0.15, 0.2) is 0 Å². The normalized spacial score (nSPS) is 20.0. The van der Waals surface area contributed by atoms with Crippen molar-refractivity contribution in [3.63, 3.8) is 0 Å². The zero-order valence-electron chi connectivity index (χ0n) is 15.1. The van der Waals surface area contributed by atoms with Gasteiger partial charge in [0.05, 0.1) is 24.4 Å². The van der Waals surface area contributed by atoms with Gasteiger partial charge in [-0.3, -0.25) is 4.79 Å². The highest BCUT2D eigenvalue weighted by Crippen LogP contribution is 2.34. The summed E-state index contributed by atoms with van der Waals surface area (Å²) in [5.74, 6) is 0.899. The number of nitrogens with zero attached hydrogens (tertiary/aromatic N) is 4. The first kappa shape index (κ1) is 16.3. The Morgan fingerprint density at radius 2 is 2.20 bits per heavy atom. The van der Waals surface area contributed by atoms with Gasteiger partial charge in [-0.1, -0.05) is 5.21 Å². The van der Waals surface area contributed by atoms with Crippen molar-refractivity contribution < 1.29 is 9.53 Å². The van der Waals surface area contributed by atoms with Crippen molar-refractivity contribution in [1.29, 1.82) is 0 Å². The van der Waals surface area contributed by atoms with E-state index in [1.54, 1.807) is 7.11 Å². The van der Waals surface area contributed by atoms with Crippen LogP contribution >= 0.6 is 0 Å². The molecular weight excluding hydrogens is 318 g/mol. The van der Waals surface area contributed by atoms with Crippen LogP contribution in [0.15, 0.2) is 6.07 Å². The summed E-state index contributed by atoms with van der Waals surface area (Å²) in [5, 5.41) is 8.75. The van der Waals surface area contributed by atoms with Gasteiger partial charge in [-0.15, -0.1) is 5.10 Å². The van der Waals surface area contributed by atoms with Crippen LogP contribution < -0.4 is 0 Å². The zero-order chi connectivity index (χ0) is 17.6. The molecule has 0 unspecified atom stereocenters. The van der Waals surface area contributed by atoms with Crippen LogP contribution in [0.1, 0.15) is 51.9 Å². The number of nitrogens with one attached hydrogen (secondary N) is 1. The molecule has 0 aromatic carbocycles. The third kappa shape index (κ3) is 3.08. The van der Waals surface area contributed by atoms with Crippen molar-refractivity contribution in [2.75, 3.05) is 20.3 Å². The highest BCUT2D eigenvalue weighted by Gasteiger charge is 2.35. The van der Waals surface area contributed by atoms with Crippen LogP contribution in [0, 0.1) is 19.8 Å². The molecule has 1 aliphatic heterocycles. The van der Waals surface area contributed by atoms with E-state index in [4.69, 9.17) is 4.74 Å². The van der Waals surface area contributed by atoms with Crippen LogP contribution in [0.4, 0.5) is 0 Å². The van der Waals surface area contributed by atoms with Crippen LogP contribution in [0.25, 0.3) is 0 Å². The Kier molecular flexibility index (Phi) is 4.11. The molecule has 2 aromatic heterocycles. The first-order valence-electron chi connectivity index (χ1n) is 8.93. The summed E-state index contributed by atoms with van der Waals surface area (Å²) in [6.07, 6.45) is 2.56. The topological polar surface area (TPSA) is 76.0 Å². The number of methoxy groups -OCH3 is 1. The molecule has 1 saturated carbocycles. The molecule has 1 aliphatic carbocycles. The van der Waals surface area contributed by atoms with Crippen LogP contribution in [-0.2, 0) is 17.8 Å². The molecule has 2 aliphatic rings. The van der Waals surface area contributed by atoms with Crippen molar-refractivity contribution in [2.24, 2.45) is 5.92 Å². The lowest BCUT2D eigenvalue weighted by Crippen LogP contribution is -2.40. The quantitative estimate of drug-likeness (QED) is 0.901. The van der Waals surface area contributed by atoms with Gasteiger partial charge in [0.2, 0.25) is 0 Å². The predicted octanol–water partition coefficient (Wildman–Crippen LogP) is 2.02. The summed E-state index contributed by atoms with van der Waals surface area (Å²) in [6.45, 7) is 6.57. The molecule has 7 heteroatoms. The molecule has 0 spiro atoms. The second-order valence-electron chi connectivity index (χ2n) is 7.38. The number of carbonyl (C=O) groups excluding carboxylic acids is 1. The second kappa shape index (κ2) is 6.29. The van der Waals surface area contributed by atoms with Crippen molar-refractivity contribution in [1.82, 2.24) is 24.9 Å². The molecule has 1 atom stereocenters. The summed E-state index contributed by atoms with van der Waals surface area (Å²) in [6, 6.07) is 1.92. The second-order valence-corrected chi connectivity index (χ2v) is 7.38. The van der Waals surface area contributed by atoms with Crippen molar-refractivity contribution in [3.05, 3.63) is 34.4 Å². The SMILES string of the molecule is COC[C@@H]1CN(C(=O)c2cc(C)[nH]c2C)Cc2nnn(CC3CC3)c21. The van der Waals surface area contributed by atoms with E-state index in [0.717, 1.165) is 40.8 Å². The van der Waals surface area contributed by atoms with Crippen LogP contribution in [0.2, 0.25) is 0 Å². The fraction of sp³-hybridized carbons (Fsp3) is 0.611. The van der Waals surface area contributed by atoms with E-state index in [0.29, 0.717) is 19.7 Å². The summed E-state index contributed by atoms with van der Waals surface area (Å²) in [5.41, 5.74) is 4.71. The number of aryl methyl sites for hydroxylation is 2. The average Bonchev–Trinajstić information content (AvgIpc) is 3.20. The number of hydrogen-bond donors (Lipinski definition) is 1. The maximum Gasteiger partial charge on any atom is 0.256 e. The maximum absolute atomic E-state index is 13.0. The van der Waals surface area contributed by atoms with Gasteiger partial charge in [-0.25, -0.2) is 4.68 Å². The Bertz CT molecular complexity index is 789. The molecule has 134 valence electrons. The van der Waals surface area contributed by atoms with E-state index in [-0.39, 0.29) is 11.8 Å². The first-order valence-corrected chi connectivity index (χ1v) is 8.93. The Labute approximate surface area is 147 Å². The number of fused-ring (bicyclic) bond motifs is 1. The van der Waals surface area contributed by atoms with Crippen molar-refractivity contribution in [3.8, 4) is 0 Å². The molecule has 1 fully saturated rings. The third-order valence-corrected chi connectivity index (χ3v) is 5.18. The lowest BCUT2D eigenvalue weighted by atomic mass is 9.98. The van der Waals surface area contributed by atoms with Crippen LogP contribution in [0.3, 0.4) is 0 Å². The highest BCUT2D eigenvalue weighted by atomic mass is 16.5. The van der Waals surface area contributed by atoms with Crippen molar-refractivity contribution in [2.45, 2.75) is 45.7 Å². The number of aromatic amines is 1. The van der Waals surface area contributed by atoms with Gasteiger partial charge in [-0.05, 0) is 38.7 Å². The fourth-order valence-corrected chi connectivity index (χ4v) is 3.80. The molecule has 1 amide bonds. The molecule has 7 nitrogen and oxygen atoms in total. The van der Waals surface area contributed by atoms with Gasteiger partial charge >= 0.3 is 0 Å². The van der Waals surface area contributed by atoms with E-state index in [2.05, 4.69) is 15.3 Å². The lowest BCUT2D eigenvalue weighted by Gasteiger charge is -2.32. The largest absolute Gasteiger partial charge is 0.384 e. The maximum atomic E-state index is 13.0. The number of rotatable bonds is 5. The number of carbonyl (C=O) groups is 1. The molecule has 25 heavy (non-hydrogen) atoms. The van der Waals surface area contributed by atoms with E-state index >= 15 is 0 Å². The van der Waals surface area contributed by atoms with Gasteiger partial charge in [0, 0.05) is 37.5 Å². The zero-order valence-corrected chi connectivity index (χ0v) is 15.1. The average molecular weight is 343 g/mol. The molecule has 0 radical (unpaired) electrons. The Balaban J connectivity index is 1.61. The Morgan fingerprint density at radius 1 is 1.40 bits per heavy atom. The molecule has 1 N–H and O–H groups in total. The minimum atomic E-state index is 0.0466. The summed E-state index contributed by atoms with van der Waals surface area (Å²) >= 11 is 0.